The fourth-order valence-electron chi connectivity index (χ4n) is 3.65. The van der Waals surface area contributed by atoms with Crippen molar-refractivity contribution in [3.63, 3.8) is 0 Å². The van der Waals surface area contributed by atoms with Gasteiger partial charge in [0.05, 0.1) is 0 Å². The average Bonchev–Trinajstić information content (AvgIpc) is 3.10. The van der Waals surface area contributed by atoms with Crippen molar-refractivity contribution < 1.29 is 4.79 Å². The van der Waals surface area contributed by atoms with E-state index in [1.807, 2.05) is 67.8 Å². The summed E-state index contributed by atoms with van der Waals surface area (Å²) in [5.41, 5.74) is 7.60. The van der Waals surface area contributed by atoms with Crippen LogP contribution < -0.4 is 11.1 Å². The van der Waals surface area contributed by atoms with E-state index in [1.165, 1.54) is 0 Å². The monoisotopic (exact) mass is 397 g/mol. The van der Waals surface area contributed by atoms with Gasteiger partial charge in [-0.15, -0.1) is 0 Å². The first-order valence-corrected chi connectivity index (χ1v) is 10.2. The summed E-state index contributed by atoms with van der Waals surface area (Å²) >= 11 is 5.54. The van der Waals surface area contributed by atoms with Gasteiger partial charge in [-0.1, -0.05) is 29.8 Å². The Balaban J connectivity index is 0.000000271. The zero-order valence-electron chi connectivity index (χ0n) is 16.3. The molecular formula is C23H28ClN3O. The van der Waals surface area contributed by atoms with E-state index in [0.29, 0.717) is 12.0 Å². The quantitative estimate of drug-likeness (QED) is 0.669. The van der Waals surface area contributed by atoms with Gasteiger partial charge in [0, 0.05) is 40.8 Å². The SMILES string of the molecule is Clc1ccccc1.Cn1ccc2cc(C(=O)NC3CCC(CN)CC3)ccc21. The molecule has 1 aliphatic rings. The normalized spacial score (nSPS) is 19.0. The Hall–Kier alpha value is -2.30. The Morgan fingerprint density at radius 1 is 1.11 bits per heavy atom. The number of nitrogens with two attached hydrogens (primary N) is 1. The molecule has 1 saturated carbocycles. The minimum Gasteiger partial charge on any atom is -0.351 e. The summed E-state index contributed by atoms with van der Waals surface area (Å²) < 4.78 is 2.06. The number of hydrogen-bond acceptors (Lipinski definition) is 2. The number of nitrogens with one attached hydrogen (secondary N) is 1. The maximum absolute atomic E-state index is 12.4. The highest BCUT2D eigenvalue weighted by Crippen LogP contribution is 2.24. The Kier molecular flexibility index (Phi) is 7.12. The van der Waals surface area contributed by atoms with Gasteiger partial charge >= 0.3 is 0 Å². The smallest absolute Gasteiger partial charge is 0.251 e. The molecule has 28 heavy (non-hydrogen) atoms. The van der Waals surface area contributed by atoms with Crippen LogP contribution in [0.2, 0.25) is 5.02 Å². The van der Waals surface area contributed by atoms with E-state index in [-0.39, 0.29) is 5.91 Å². The molecule has 3 N–H and O–H groups in total. The second kappa shape index (κ2) is 9.76. The van der Waals surface area contributed by atoms with Crippen LogP contribution in [0.25, 0.3) is 10.9 Å². The zero-order chi connectivity index (χ0) is 19.9. The third-order valence-electron chi connectivity index (χ3n) is 5.40. The molecule has 5 heteroatoms. The van der Waals surface area contributed by atoms with E-state index in [9.17, 15) is 4.79 Å². The molecule has 3 aromatic rings. The van der Waals surface area contributed by atoms with Gasteiger partial charge < -0.3 is 15.6 Å². The molecule has 4 rings (SSSR count). The van der Waals surface area contributed by atoms with E-state index < -0.39 is 0 Å². The Bertz CT molecular complexity index is 899. The molecule has 0 bridgehead atoms. The lowest BCUT2D eigenvalue weighted by molar-refractivity contribution is 0.0922. The Labute approximate surface area is 171 Å². The number of aryl methyl sites for hydroxylation is 1. The molecule has 0 saturated heterocycles. The van der Waals surface area contributed by atoms with E-state index >= 15 is 0 Å². The highest BCUT2D eigenvalue weighted by atomic mass is 35.5. The number of aromatic nitrogens is 1. The van der Waals surface area contributed by atoms with Crippen molar-refractivity contribution >= 4 is 28.4 Å². The molecule has 2 aromatic carbocycles. The first kappa shape index (κ1) is 20.4. The van der Waals surface area contributed by atoms with Crippen LogP contribution in [-0.4, -0.2) is 23.1 Å². The number of fused-ring (bicyclic) bond motifs is 1. The highest BCUT2D eigenvalue weighted by molar-refractivity contribution is 6.30. The molecule has 1 fully saturated rings. The van der Waals surface area contributed by atoms with Crippen molar-refractivity contribution in [2.45, 2.75) is 31.7 Å². The van der Waals surface area contributed by atoms with Crippen LogP contribution in [-0.2, 0) is 7.05 Å². The van der Waals surface area contributed by atoms with E-state index in [4.69, 9.17) is 17.3 Å². The van der Waals surface area contributed by atoms with Crippen molar-refractivity contribution in [2.75, 3.05) is 6.54 Å². The van der Waals surface area contributed by atoms with Gasteiger partial charge in [-0.2, -0.15) is 0 Å². The predicted molar refractivity (Wildman–Crippen MR) is 117 cm³/mol. The lowest BCUT2D eigenvalue weighted by Crippen LogP contribution is -2.38. The molecule has 1 heterocycles. The molecule has 0 spiro atoms. The van der Waals surface area contributed by atoms with E-state index in [1.54, 1.807) is 0 Å². The summed E-state index contributed by atoms with van der Waals surface area (Å²) in [7, 11) is 2.01. The number of carbonyl (C=O) groups excluding carboxylic acids is 1. The van der Waals surface area contributed by atoms with Crippen molar-refractivity contribution in [3.8, 4) is 0 Å². The maximum Gasteiger partial charge on any atom is 0.251 e. The van der Waals surface area contributed by atoms with Crippen molar-refractivity contribution in [1.82, 2.24) is 9.88 Å². The van der Waals surface area contributed by atoms with Gasteiger partial charge in [-0.3, -0.25) is 4.79 Å². The highest BCUT2D eigenvalue weighted by Gasteiger charge is 2.22. The molecule has 0 aliphatic heterocycles. The van der Waals surface area contributed by atoms with Gasteiger partial charge in [-0.25, -0.2) is 0 Å². The minimum atomic E-state index is 0.0388. The lowest BCUT2D eigenvalue weighted by atomic mass is 9.86. The molecule has 0 unspecified atom stereocenters. The van der Waals surface area contributed by atoms with Crippen LogP contribution in [0.5, 0.6) is 0 Å². The number of nitrogens with zero attached hydrogens (tertiary/aromatic N) is 1. The van der Waals surface area contributed by atoms with Gasteiger partial charge in [0.25, 0.3) is 5.91 Å². The third-order valence-corrected chi connectivity index (χ3v) is 5.65. The van der Waals surface area contributed by atoms with Crippen molar-refractivity contribution in [3.05, 3.63) is 71.4 Å². The van der Waals surface area contributed by atoms with Crippen LogP contribution in [0.4, 0.5) is 0 Å². The summed E-state index contributed by atoms with van der Waals surface area (Å²) in [5.74, 6) is 0.677. The van der Waals surface area contributed by atoms with E-state index in [0.717, 1.165) is 53.7 Å². The van der Waals surface area contributed by atoms with Crippen molar-refractivity contribution in [2.24, 2.45) is 18.7 Å². The molecule has 0 radical (unpaired) electrons. The van der Waals surface area contributed by atoms with Gasteiger partial charge in [-0.05, 0) is 74.5 Å². The standard InChI is InChI=1S/C17H23N3O.C6H5Cl/c1-20-9-8-13-10-14(4-7-16(13)20)17(21)19-15-5-2-12(11-18)3-6-15;7-6-4-2-1-3-5-6/h4,7-10,12,15H,2-3,5-6,11,18H2,1H3,(H,19,21);1-5H. The lowest BCUT2D eigenvalue weighted by Gasteiger charge is -2.28. The summed E-state index contributed by atoms with van der Waals surface area (Å²) in [4.78, 5) is 12.4. The van der Waals surface area contributed by atoms with Crippen LogP contribution in [0.15, 0.2) is 60.8 Å². The average molecular weight is 398 g/mol. The number of carbonyl (C=O) groups is 1. The zero-order valence-corrected chi connectivity index (χ0v) is 17.0. The summed E-state index contributed by atoms with van der Waals surface area (Å²) in [5, 5.41) is 5.07. The van der Waals surface area contributed by atoms with Crippen LogP contribution in [0.1, 0.15) is 36.0 Å². The number of benzene rings is 2. The van der Waals surface area contributed by atoms with Crippen LogP contribution in [0, 0.1) is 5.92 Å². The fraction of sp³-hybridized carbons (Fsp3) is 0.348. The van der Waals surface area contributed by atoms with Gasteiger partial charge in [0.2, 0.25) is 0 Å². The first-order chi connectivity index (χ1) is 13.6. The van der Waals surface area contributed by atoms with Gasteiger partial charge in [0.15, 0.2) is 0 Å². The van der Waals surface area contributed by atoms with Crippen molar-refractivity contribution in [1.29, 1.82) is 0 Å². The number of hydrogen-bond donors (Lipinski definition) is 2. The molecular weight excluding hydrogens is 370 g/mol. The van der Waals surface area contributed by atoms with Crippen LogP contribution in [0.3, 0.4) is 0 Å². The topological polar surface area (TPSA) is 60.0 Å². The molecule has 1 aliphatic carbocycles. The Morgan fingerprint density at radius 2 is 1.82 bits per heavy atom. The first-order valence-electron chi connectivity index (χ1n) is 9.83. The summed E-state index contributed by atoms with van der Waals surface area (Å²) in [6.45, 7) is 0.769. The minimum absolute atomic E-state index is 0.0388. The number of halogens is 1. The third kappa shape index (κ3) is 5.37. The van der Waals surface area contributed by atoms with Gasteiger partial charge in [0.1, 0.15) is 0 Å². The van der Waals surface area contributed by atoms with Crippen LogP contribution >= 0.6 is 11.6 Å². The number of amides is 1. The predicted octanol–water partition coefficient (Wildman–Crippen LogP) is 4.77. The maximum atomic E-state index is 12.4. The second-order valence-electron chi connectivity index (χ2n) is 7.42. The molecule has 0 atom stereocenters. The molecule has 1 amide bonds. The number of rotatable bonds is 3. The second-order valence-corrected chi connectivity index (χ2v) is 7.86. The largest absolute Gasteiger partial charge is 0.351 e. The Morgan fingerprint density at radius 3 is 2.43 bits per heavy atom. The van der Waals surface area contributed by atoms with E-state index in [2.05, 4.69) is 9.88 Å². The molecule has 1 aromatic heterocycles. The molecule has 148 valence electrons. The molecule has 4 nitrogen and oxygen atoms in total. The summed E-state index contributed by atoms with van der Waals surface area (Å²) in [6.07, 6.45) is 6.35. The fourth-order valence-corrected chi connectivity index (χ4v) is 3.79. The summed E-state index contributed by atoms with van der Waals surface area (Å²) in [6, 6.07) is 17.7.